The molecule has 0 radical (unpaired) electrons. The summed E-state index contributed by atoms with van der Waals surface area (Å²) in [5, 5.41) is 8.37. The smallest absolute Gasteiger partial charge is 0.340 e. The molecule has 0 unspecified atom stereocenters. The highest BCUT2D eigenvalue weighted by Crippen LogP contribution is 2.30. The number of hydrogen-bond acceptors (Lipinski definition) is 7. The van der Waals surface area contributed by atoms with Crippen molar-refractivity contribution in [3.63, 3.8) is 0 Å². The predicted octanol–water partition coefficient (Wildman–Crippen LogP) is 3.27. The predicted molar refractivity (Wildman–Crippen MR) is 117 cm³/mol. The number of ketones is 1. The molecule has 32 heavy (non-hydrogen) atoms. The largest absolute Gasteiger partial charge is 0.358 e. The number of nitrogens with zero attached hydrogens (tertiary/aromatic N) is 5. The first-order valence-electron chi connectivity index (χ1n) is 9.41. The van der Waals surface area contributed by atoms with Gasteiger partial charge in [0, 0.05) is 12.6 Å². The molecule has 0 saturated carbocycles. The minimum Gasteiger partial charge on any atom is -0.358 e. The molecule has 0 bridgehead atoms. The van der Waals surface area contributed by atoms with E-state index in [9.17, 15) is 13.2 Å². The Bertz CT molecular complexity index is 1410. The van der Waals surface area contributed by atoms with Gasteiger partial charge in [-0.1, -0.05) is 29.3 Å². The topological polar surface area (TPSA) is 109 Å². The van der Waals surface area contributed by atoms with Crippen molar-refractivity contribution in [2.75, 3.05) is 0 Å². The highest BCUT2D eigenvalue weighted by Gasteiger charge is 2.29. The molecular weight excluding hydrogens is 454 g/mol. The summed E-state index contributed by atoms with van der Waals surface area (Å²) < 4.78 is 33.7. The normalized spacial score (nSPS) is 11.5. The van der Waals surface area contributed by atoms with E-state index in [-0.39, 0.29) is 26.9 Å². The van der Waals surface area contributed by atoms with Gasteiger partial charge in [-0.15, -0.1) is 0 Å². The fourth-order valence-electron chi connectivity index (χ4n) is 3.16. The Hall–Kier alpha value is -3.50. The van der Waals surface area contributed by atoms with Crippen LogP contribution in [-0.2, 0) is 17.2 Å². The van der Waals surface area contributed by atoms with E-state index in [1.165, 1.54) is 47.3 Å². The molecule has 2 heterocycles. The molecule has 0 saturated heterocycles. The van der Waals surface area contributed by atoms with Gasteiger partial charge in [-0.2, -0.15) is 18.6 Å². The SMILES string of the molecule is Cc1ccc(S(=O)(=O)Oc2c(C(=O)c3ccc(-n4cncn4)cc3Cl)c(C)nn2C)cc1. The van der Waals surface area contributed by atoms with E-state index in [1.807, 2.05) is 6.92 Å². The molecule has 9 nitrogen and oxygen atoms in total. The van der Waals surface area contributed by atoms with E-state index >= 15 is 0 Å². The molecular formula is C21H18ClN5O4S. The van der Waals surface area contributed by atoms with Gasteiger partial charge in [0.1, 0.15) is 23.1 Å². The maximum absolute atomic E-state index is 13.3. The summed E-state index contributed by atoms with van der Waals surface area (Å²) in [4.78, 5) is 17.2. The van der Waals surface area contributed by atoms with Crippen molar-refractivity contribution in [3.05, 3.63) is 82.5 Å². The molecule has 0 amide bonds. The number of benzene rings is 2. The zero-order valence-corrected chi connectivity index (χ0v) is 18.9. The van der Waals surface area contributed by atoms with Crippen LogP contribution in [0.3, 0.4) is 0 Å². The highest BCUT2D eigenvalue weighted by molar-refractivity contribution is 7.87. The van der Waals surface area contributed by atoms with E-state index in [0.717, 1.165) is 5.56 Å². The second-order valence-electron chi connectivity index (χ2n) is 7.07. The van der Waals surface area contributed by atoms with Crippen molar-refractivity contribution in [2.24, 2.45) is 7.05 Å². The summed E-state index contributed by atoms with van der Waals surface area (Å²) >= 11 is 6.38. The third-order valence-corrected chi connectivity index (χ3v) is 6.32. The molecule has 11 heteroatoms. The van der Waals surface area contributed by atoms with Crippen LogP contribution in [0, 0.1) is 13.8 Å². The molecule has 4 aromatic rings. The summed E-state index contributed by atoms with van der Waals surface area (Å²) in [6, 6.07) is 11.0. The lowest BCUT2D eigenvalue weighted by Crippen LogP contribution is -2.15. The number of aryl methyl sites for hydroxylation is 3. The van der Waals surface area contributed by atoms with Crippen molar-refractivity contribution in [2.45, 2.75) is 18.7 Å². The second kappa shape index (κ2) is 8.21. The second-order valence-corrected chi connectivity index (χ2v) is 9.03. The Morgan fingerprint density at radius 2 is 1.81 bits per heavy atom. The molecule has 0 aliphatic heterocycles. The Kier molecular flexibility index (Phi) is 5.57. The first kappa shape index (κ1) is 21.7. The first-order chi connectivity index (χ1) is 15.2. The van der Waals surface area contributed by atoms with Crippen LogP contribution in [0.1, 0.15) is 27.2 Å². The standard InChI is InChI=1S/C21H18ClN5O4S/c1-13-4-7-16(8-5-13)32(29,30)31-21-19(14(2)25-26(21)3)20(28)17-9-6-15(10-18(17)22)27-12-23-11-24-27/h4-12H,1-3H3. The third kappa shape index (κ3) is 4.02. The monoisotopic (exact) mass is 471 g/mol. The number of carbonyl (C=O) groups is 1. The molecule has 0 aliphatic carbocycles. The van der Waals surface area contributed by atoms with Crippen molar-refractivity contribution in [1.29, 1.82) is 0 Å². The molecule has 0 spiro atoms. The fraction of sp³-hybridized carbons (Fsp3) is 0.143. The third-order valence-electron chi connectivity index (χ3n) is 4.78. The average Bonchev–Trinajstić information content (AvgIpc) is 3.36. The van der Waals surface area contributed by atoms with Gasteiger partial charge < -0.3 is 4.18 Å². The maximum atomic E-state index is 13.3. The minimum atomic E-state index is -4.19. The number of rotatable bonds is 6. The van der Waals surface area contributed by atoms with Gasteiger partial charge in [0.05, 0.1) is 16.4 Å². The Morgan fingerprint density at radius 1 is 1.09 bits per heavy atom. The zero-order chi connectivity index (χ0) is 23.0. The molecule has 164 valence electrons. The maximum Gasteiger partial charge on any atom is 0.340 e. The van der Waals surface area contributed by atoms with Crippen LogP contribution < -0.4 is 4.18 Å². The van der Waals surface area contributed by atoms with Crippen LogP contribution in [0.2, 0.25) is 5.02 Å². The van der Waals surface area contributed by atoms with Crippen LogP contribution in [0.5, 0.6) is 5.88 Å². The summed E-state index contributed by atoms with van der Waals surface area (Å²) in [6.45, 7) is 3.44. The quantitative estimate of drug-likeness (QED) is 0.313. The summed E-state index contributed by atoms with van der Waals surface area (Å²) in [7, 11) is -2.69. The minimum absolute atomic E-state index is 0.0126. The van der Waals surface area contributed by atoms with Gasteiger partial charge in [-0.05, 0) is 44.2 Å². The lowest BCUT2D eigenvalue weighted by Gasteiger charge is -2.10. The Labute approximate surface area is 189 Å². The molecule has 0 atom stereocenters. The summed E-state index contributed by atoms with van der Waals surface area (Å²) in [5.41, 5.74) is 2.01. The van der Waals surface area contributed by atoms with Gasteiger partial charge in [0.15, 0.2) is 0 Å². The van der Waals surface area contributed by atoms with Crippen molar-refractivity contribution in [3.8, 4) is 11.6 Å². The van der Waals surface area contributed by atoms with Crippen LogP contribution in [0.25, 0.3) is 5.69 Å². The number of halogens is 1. The van der Waals surface area contributed by atoms with E-state index in [1.54, 1.807) is 31.2 Å². The van der Waals surface area contributed by atoms with Crippen LogP contribution in [0.15, 0.2) is 60.0 Å². The zero-order valence-electron chi connectivity index (χ0n) is 17.4. The highest BCUT2D eigenvalue weighted by atomic mass is 35.5. The molecule has 0 N–H and O–H groups in total. The van der Waals surface area contributed by atoms with E-state index in [0.29, 0.717) is 11.4 Å². The molecule has 2 aromatic heterocycles. The fourth-order valence-corrected chi connectivity index (χ4v) is 4.38. The lowest BCUT2D eigenvalue weighted by molar-refractivity contribution is 0.103. The Morgan fingerprint density at radius 3 is 2.44 bits per heavy atom. The number of aromatic nitrogens is 5. The van der Waals surface area contributed by atoms with E-state index in [2.05, 4.69) is 15.2 Å². The van der Waals surface area contributed by atoms with Crippen LogP contribution in [0.4, 0.5) is 0 Å². The first-order valence-corrected chi connectivity index (χ1v) is 11.2. The lowest BCUT2D eigenvalue weighted by atomic mass is 10.0. The van der Waals surface area contributed by atoms with Crippen LogP contribution in [-0.4, -0.2) is 38.7 Å². The molecule has 0 aliphatic rings. The van der Waals surface area contributed by atoms with Crippen LogP contribution >= 0.6 is 11.6 Å². The van der Waals surface area contributed by atoms with Gasteiger partial charge in [-0.25, -0.2) is 14.3 Å². The van der Waals surface area contributed by atoms with Crippen molar-refractivity contribution in [1.82, 2.24) is 24.5 Å². The van der Waals surface area contributed by atoms with Gasteiger partial charge in [-0.3, -0.25) is 4.79 Å². The number of hydrogen-bond donors (Lipinski definition) is 0. The van der Waals surface area contributed by atoms with Crippen molar-refractivity contribution < 1.29 is 17.4 Å². The number of carbonyl (C=O) groups excluding carboxylic acids is 1. The average molecular weight is 472 g/mol. The van der Waals surface area contributed by atoms with Crippen molar-refractivity contribution >= 4 is 27.5 Å². The van der Waals surface area contributed by atoms with Gasteiger partial charge in [0.25, 0.3) is 0 Å². The molecule has 4 rings (SSSR count). The Balaban J connectivity index is 1.72. The molecule has 2 aromatic carbocycles. The summed E-state index contributed by atoms with van der Waals surface area (Å²) in [5.74, 6) is -0.704. The van der Waals surface area contributed by atoms with Gasteiger partial charge >= 0.3 is 10.1 Å². The summed E-state index contributed by atoms with van der Waals surface area (Å²) in [6.07, 6.45) is 2.88. The van der Waals surface area contributed by atoms with E-state index in [4.69, 9.17) is 15.8 Å². The van der Waals surface area contributed by atoms with E-state index < -0.39 is 15.9 Å². The molecule has 0 fully saturated rings. The van der Waals surface area contributed by atoms with Gasteiger partial charge in [0.2, 0.25) is 11.7 Å².